The van der Waals surface area contributed by atoms with Crippen molar-refractivity contribution in [3.8, 4) is 18.3 Å². The Morgan fingerprint density at radius 2 is 1.96 bits per heavy atom. The largest absolute Gasteiger partial charge is 0.488 e. The fourth-order valence-electron chi connectivity index (χ4n) is 2.41. The number of carbonyl (C=O) groups is 1. The topological polar surface area (TPSA) is 91.6 Å². The number of aromatic nitrogens is 1. The zero-order valence-corrected chi connectivity index (χ0v) is 13.4. The summed E-state index contributed by atoms with van der Waals surface area (Å²) in [5, 5.41) is 11.7. The molecule has 7 heteroatoms. The van der Waals surface area contributed by atoms with Gasteiger partial charge < -0.3 is 9.47 Å². The maximum Gasteiger partial charge on any atom is 0.371 e. The number of para-hydroxylation sites is 1. The number of nitrogens with zero attached hydrogens (tertiary/aromatic N) is 2. The van der Waals surface area contributed by atoms with Gasteiger partial charge in [0.05, 0.1) is 4.92 Å². The number of nitro benzene ring substituents is 1. The lowest BCUT2D eigenvalue weighted by atomic mass is 10.1. The molecule has 0 spiro atoms. The molecule has 0 bridgehead atoms. The second-order valence-electron chi connectivity index (χ2n) is 5.22. The first kappa shape index (κ1) is 16.9. The highest BCUT2D eigenvalue weighted by Gasteiger charge is 2.20. The van der Waals surface area contributed by atoms with Crippen LogP contribution in [0.15, 0.2) is 54.6 Å². The third kappa shape index (κ3) is 3.44. The standard InChI is InChI=1S/C19H12N2O5/c1-2-25-19(22)15-11-17(26-12-13-7-4-3-5-8-13)14-9-6-10-16(21(23)24)18(14)20-15/h1,3-11H,12H2. The van der Waals surface area contributed by atoms with Crippen molar-refractivity contribution in [2.24, 2.45) is 0 Å². The number of hydrogen-bond donors (Lipinski definition) is 0. The summed E-state index contributed by atoms with van der Waals surface area (Å²) in [5.41, 5.74) is 0.498. The molecule has 128 valence electrons. The number of nitro groups is 1. The van der Waals surface area contributed by atoms with Gasteiger partial charge in [-0.15, -0.1) is 0 Å². The van der Waals surface area contributed by atoms with Crippen LogP contribution in [-0.2, 0) is 11.3 Å². The highest BCUT2D eigenvalue weighted by molar-refractivity contribution is 5.97. The molecule has 2 aromatic carbocycles. The normalized spacial score (nSPS) is 10.1. The number of pyridine rings is 1. The van der Waals surface area contributed by atoms with Crippen molar-refractivity contribution in [2.75, 3.05) is 0 Å². The number of esters is 1. The van der Waals surface area contributed by atoms with Gasteiger partial charge in [-0.3, -0.25) is 10.1 Å². The Morgan fingerprint density at radius 3 is 2.65 bits per heavy atom. The Kier molecular flexibility index (Phi) is 4.76. The molecule has 1 aromatic heterocycles. The van der Waals surface area contributed by atoms with Gasteiger partial charge in [0.25, 0.3) is 5.69 Å². The van der Waals surface area contributed by atoms with Gasteiger partial charge in [-0.05, 0) is 11.6 Å². The number of fused-ring (bicyclic) bond motifs is 1. The van der Waals surface area contributed by atoms with Crippen LogP contribution in [0.3, 0.4) is 0 Å². The number of non-ortho nitro benzene ring substituents is 1. The van der Waals surface area contributed by atoms with Gasteiger partial charge in [-0.2, -0.15) is 0 Å². The Bertz CT molecular complexity index is 1030. The van der Waals surface area contributed by atoms with Crippen molar-refractivity contribution in [3.05, 3.63) is 76.0 Å². The number of rotatable bonds is 5. The first-order valence-corrected chi connectivity index (χ1v) is 7.52. The summed E-state index contributed by atoms with van der Waals surface area (Å²) in [7, 11) is 0. The summed E-state index contributed by atoms with van der Waals surface area (Å²) in [6.07, 6.45) is 6.73. The molecule has 3 aromatic rings. The maximum absolute atomic E-state index is 11.9. The zero-order valence-electron chi connectivity index (χ0n) is 13.4. The average Bonchev–Trinajstić information content (AvgIpc) is 2.66. The van der Waals surface area contributed by atoms with Crippen LogP contribution in [-0.4, -0.2) is 15.9 Å². The predicted molar refractivity (Wildman–Crippen MR) is 93.4 cm³/mol. The molecule has 0 aliphatic heterocycles. The molecule has 0 saturated carbocycles. The number of terminal acetylenes is 1. The molecule has 0 atom stereocenters. The van der Waals surface area contributed by atoms with Crippen molar-refractivity contribution < 1.29 is 19.2 Å². The van der Waals surface area contributed by atoms with Gasteiger partial charge in [-0.25, -0.2) is 9.78 Å². The van der Waals surface area contributed by atoms with E-state index in [0.29, 0.717) is 5.39 Å². The Labute approximate surface area is 148 Å². The van der Waals surface area contributed by atoms with E-state index < -0.39 is 10.9 Å². The van der Waals surface area contributed by atoms with Crippen LogP contribution in [0.5, 0.6) is 5.75 Å². The molecule has 7 nitrogen and oxygen atoms in total. The minimum atomic E-state index is -0.892. The fraction of sp³-hybridized carbons (Fsp3) is 0.0526. The summed E-state index contributed by atoms with van der Waals surface area (Å²) in [6.45, 7) is 0.215. The molecule has 26 heavy (non-hydrogen) atoms. The van der Waals surface area contributed by atoms with E-state index >= 15 is 0 Å². The highest BCUT2D eigenvalue weighted by atomic mass is 16.6. The van der Waals surface area contributed by atoms with Crippen molar-refractivity contribution in [2.45, 2.75) is 6.61 Å². The first-order valence-electron chi connectivity index (χ1n) is 7.52. The number of ether oxygens (including phenoxy) is 2. The molecule has 0 unspecified atom stereocenters. The van der Waals surface area contributed by atoms with E-state index in [1.165, 1.54) is 18.2 Å². The predicted octanol–water partition coefficient (Wildman–Crippen LogP) is 3.47. The summed E-state index contributed by atoms with van der Waals surface area (Å²) in [6, 6.07) is 15.2. The van der Waals surface area contributed by atoms with E-state index in [2.05, 4.69) is 9.72 Å². The molecule has 0 aliphatic rings. The second-order valence-corrected chi connectivity index (χ2v) is 5.22. The van der Waals surface area contributed by atoms with E-state index in [0.717, 1.165) is 5.56 Å². The van der Waals surface area contributed by atoms with Crippen LogP contribution in [0.1, 0.15) is 16.1 Å². The monoisotopic (exact) mass is 348 g/mol. The van der Waals surface area contributed by atoms with Gasteiger partial charge in [0.2, 0.25) is 0 Å². The Hall–Kier alpha value is -3.92. The molecule has 0 fully saturated rings. The maximum atomic E-state index is 11.9. The van der Waals surface area contributed by atoms with Crippen molar-refractivity contribution in [1.82, 2.24) is 4.98 Å². The minimum absolute atomic E-state index is 0.0204. The summed E-state index contributed by atoms with van der Waals surface area (Å²) in [5.74, 6) is -0.622. The van der Waals surface area contributed by atoms with Gasteiger partial charge >= 0.3 is 5.97 Å². The van der Waals surface area contributed by atoms with Crippen molar-refractivity contribution >= 4 is 22.6 Å². The molecular weight excluding hydrogens is 336 g/mol. The minimum Gasteiger partial charge on any atom is -0.488 e. The van der Waals surface area contributed by atoms with Crippen molar-refractivity contribution in [3.63, 3.8) is 0 Å². The van der Waals surface area contributed by atoms with Crippen LogP contribution in [0.2, 0.25) is 0 Å². The molecule has 3 rings (SSSR count). The lowest BCUT2D eigenvalue weighted by Crippen LogP contribution is -2.06. The van der Waals surface area contributed by atoms with Gasteiger partial charge in [0.1, 0.15) is 18.5 Å². The third-order valence-electron chi connectivity index (χ3n) is 3.57. The fourth-order valence-corrected chi connectivity index (χ4v) is 2.41. The van der Waals surface area contributed by atoms with Crippen LogP contribution in [0.4, 0.5) is 5.69 Å². The lowest BCUT2D eigenvalue weighted by molar-refractivity contribution is -0.383. The van der Waals surface area contributed by atoms with Gasteiger partial charge in [0, 0.05) is 17.5 Å². The Morgan fingerprint density at radius 1 is 1.19 bits per heavy atom. The Balaban J connectivity index is 2.10. The highest BCUT2D eigenvalue weighted by Crippen LogP contribution is 2.32. The van der Waals surface area contributed by atoms with Gasteiger partial charge in [0.15, 0.2) is 11.2 Å². The smallest absolute Gasteiger partial charge is 0.371 e. The average molecular weight is 348 g/mol. The first-order chi connectivity index (χ1) is 12.6. The molecule has 0 saturated heterocycles. The van der Waals surface area contributed by atoms with E-state index in [-0.39, 0.29) is 29.3 Å². The molecule has 1 heterocycles. The molecule has 0 amide bonds. The van der Waals surface area contributed by atoms with Crippen LogP contribution in [0, 0.1) is 22.6 Å². The molecule has 0 radical (unpaired) electrons. The number of hydrogen-bond acceptors (Lipinski definition) is 6. The van der Waals surface area contributed by atoms with Crippen LogP contribution >= 0.6 is 0 Å². The van der Waals surface area contributed by atoms with E-state index in [4.69, 9.17) is 11.2 Å². The van der Waals surface area contributed by atoms with Crippen LogP contribution < -0.4 is 4.74 Å². The molecule has 0 aliphatic carbocycles. The van der Waals surface area contributed by atoms with Crippen LogP contribution in [0.25, 0.3) is 10.9 Å². The SMILES string of the molecule is C#COC(=O)c1cc(OCc2ccccc2)c2cccc([N+](=O)[O-])c2n1. The third-order valence-corrected chi connectivity index (χ3v) is 3.57. The summed E-state index contributed by atoms with van der Waals surface area (Å²) in [4.78, 5) is 26.7. The summed E-state index contributed by atoms with van der Waals surface area (Å²) >= 11 is 0. The molecular formula is C19H12N2O5. The number of carbonyl (C=O) groups excluding carboxylic acids is 1. The quantitative estimate of drug-likeness (QED) is 0.303. The van der Waals surface area contributed by atoms with Gasteiger partial charge in [-0.1, -0.05) is 42.8 Å². The summed E-state index contributed by atoms with van der Waals surface area (Å²) < 4.78 is 10.3. The number of benzene rings is 2. The zero-order chi connectivity index (χ0) is 18.5. The molecule has 0 N–H and O–H groups in total. The van der Waals surface area contributed by atoms with E-state index in [1.54, 1.807) is 12.2 Å². The van der Waals surface area contributed by atoms with E-state index in [1.807, 2.05) is 30.3 Å². The van der Waals surface area contributed by atoms with E-state index in [9.17, 15) is 14.9 Å². The lowest BCUT2D eigenvalue weighted by Gasteiger charge is -2.11. The second kappa shape index (κ2) is 7.32. The van der Waals surface area contributed by atoms with Crippen molar-refractivity contribution in [1.29, 1.82) is 0 Å².